The van der Waals surface area contributed by atoms with E-state index < -0.39 is 81.9 Å². The number of allylic oxidation sites excluding steroid dienone is 2. The van der Waals surface area contributed by atoms with Gasteiger partial charge in [0.1, 0.15) is 12.2 Å². The molecule has 0 aromatic rings. The molecule has 0 amide bonds. The minimum atomic E-state index is -1.37. The number of carboxylic acid groups (broad SMARTS) is 1. The normalized spacial score (nSPS) is 38.2. The number of aliphatic hydroxyl groups excluding tert-OH is 2. The van der Waals surface area contributed by atoms with Crippen molar-refractivity contribution >= 4 is 17.9 Å². The fourth-order valence-corrected chi connectivity index (χ4v) is 11.0. The largest absolute Gasteiger partial charge is 0.481 e. The zero-order valence-electron chi connectivity index (χ0n) is 32.9. The lowest BCUT2D eigenvalue weighted by Gasteiger charge is -2.67. The van der Waals surface area contributed by atoms with Crippen LogP contribution in [-0.2, 0) is 28.6 Å². The molecular formula is C41H66O10. The Kier molecular flexibility index (Phi) is 12.4. The van der Waals surface area contributed by atoms with Crippen molar-refractivity contribution in [3.63, 3.8) is 0 Å². The molecule has 0 spiro atoms. The monoisotopic (exact) mass is 718 g/mol. The van der Waals surface area contributed by atoms with Crippen molar-refractivity contribution < 1.29 is 49.0 Å². The third kappa shape index (κ3) is 7.85. The molecule has 51 heavy (non-hydrogen) atoms. The molecular weight excluding hydrogens is 652 g/mol. The number of hydrogen-bond donors (Lipinski definition) is 4. The highest BCUT2D eigenvalue weighted by atomic mass is 16.6. The Labute approximate surface area is 305 Å². The molecule has 1 heterocycles. The van der Waals surface area contributed by atoms with E-state index in [2.05, 4.69) is 32.9 Å². The van der Waals surface area contributed by atoms with Crippen molar-refractivity contribution in [3.05, 3.63) is 23.3 Å². The number of hydrogen-bond acceptors (Lipinski definition) is 9. The van der Waals surface area contributed by atoms with Crippen molar-refractivity contribution in [2.75, 3.05) is 6.61 Å². The number of fused-ring (bicyclic) bond motifs is 3. The molecule has 290 valence electrons. The van der Waals surface area contributed by atoms with E-state index >= 15 is 0 Å². The SMILES string of the molecule is CC[C@@H](C)[C@@H](O)C(=O)O[C@@H]1C[C@]2(C)C(=CC[C@H]2[C@H]2CO[C@H](C=C(C)C)C2)[C@@]2(C)[C@H]1[C@@](C)(CCC(=O)O)[C@@H](C(C)(C)O)C[C@H]2OC(=O)[C@H](O)C(C)C. The summed E-state index contributed by atoms with van der Waals surface area (Å²) in [7, 11) is 0. The van der Waals surface area contributed by atoms with Gasteiger partial charge in [0, 0.05) is 17.8 Å². The number of carbonyl (C=O) groups is 3. The van der Waals surface area contributed by atoms with Crippen LogP contribution < -0.4 is 0 Å². The predicted molar refractivity (Wildman–Crippen MR) is 193 cm³/mol. The zero-order chi connectivity index (χ0) is 38.4. The molecule has 0 radical (unpaired) electrons. The molecule has 10 nitrogen and oxygen atoms in total. The summed E-state index contributed by atoms with van der Waals surface area (Å²) in [5.74, 6) is -4.05. The first-order valence-electron chi connectivity index (χ1n) is 19.2. The molecule has 2 saturated carbocycles. The van der Waals surface area contributed by atoms with Crippen LogP contribution in [0, 0.1) is 51.8 Å². The lowest BCUT2D eigenvalue weighted by molar-refractivity contribution is -0.242. The minimum Gasteiger partial charge on any atom is -0.481 e. The Morgan fingerprint density at radius 3 is 2.22 bits per heavy atom. The molecule has 0 aromatic heterocycles. The molecule has 4 rings (SSSR count). The molecule has 0 unspecified atom stereocenters. The molecule has 1 aliphatic heterocycles. The first-order valence-corrected chi connectivity index (χ1v) is 19.2. The van der Waals surface area contributed by atoms with Gasteiger partial charge in [-0.3, -0.25) is 4.79 Å². The highest BCUT2D eigenvalue weighted by Crippen LogP contribution is 2.72. The minimum absolute atomic E-state index is 0.00615. The maximum Gasteiger partial charge on any atom is 0.335 e. The molecule has 3 aliphatic carbocycles. The Morgan fingerprint density at radius 2 is 1.67 bits per heavy atom. The summed E-state index contributed by atoms with van der Waals surface area (Å²) >= 11 is 0. The summed E-state index contributed by atoms with van der Waals surface area (Å²) in [5, 5.41) is 43.8. The fourth-order valence-electron chi connectivity index (χ4n) is 11.0. The third-order valence-corrected chi connectivity index (χ3v) is 13.6. The van der Waals surface area contributed by atoms with E-state index in [-0.39, 0.29) is 43.1 Å². The van der Waals surface area contributed by atoms with Crippen molar-refractivity contribution in [1.29, 1.82) is 0 Å². The molecule has 0 aromatic carbocycles. The maximum atomic E-state index is 13.9. The average molecular weight is 719 g/mol. The predicted octanol–water partition coefficient (Wildman–Crippen LogP) is 6.25. The summed E-state index contributed by atoms with van der Waals surface area (Å²) in [4.78, 5) is 39.7. The van der Waals surface area contributed by atoms with Crippen LogP contribution in [0.5, 0.6) is 0 Å². The topological polar surface area (TPSA) is 160 Å². The van der Waals surface area contributed by atoms with Crippen molar-refractivity contribution in [3.8, 4) is 0 Å². The van der Waals surface area contributed by atoms with Gasteiger partial charge in [-0.05, 0) is 100 Å². The van der Waals surface area contributed by atoms with E-state index in [1.807, 2.05) is 20.8 Å². The van der Waals surface area contributed by atoms with Crippen LogP contribution in [0.15, 0.2) is 23.3 Å². The number of aliphatic carboxylic acids is 1. The van der Waals surface area contributed by atoms with Crippen LogP contribution in [0.1, 0.15) is 121 Å². The number of ether oxygens (including phenoxy) is 3. The highest BCUT2D eigenvalue weighted by molar-refractivity contribution is 5.75. The summed E-state index contributed by atoms with van der Waals surface area (Å²) in [6.07, 6.45) is 2.87. The second-order valence-corrected chi connectivity index (χ2v) is 18.2. The molecule has 13 atom stereocenters. The Balaban J connectivity index is 1.94. The molecule has 10 heteroatoms. The Hall–Kier alpha value is -2.27. The van der Waals surface area contributed by atoms with Crippen molar-refractivity contribution in [2.24, 2.45) is 51.8 Å². The Morgan fingerprint density at radius 1 is 1.04 bits per heavy atom. The van der Waals surface area contributed by atoms with Crippen LogP contribution in [-0.4, -0.2) is 81.1 Å². The smallest absolute Gasteiger partial charge is 0.335 e. The standard InChI is InChI=1S/C41H66O10/c1-12-24(6)34(45)37(47)50-28-20-40(10)27(25-18-26(49-21-25)17-22(2)3)13-14-29(40)41(11)31(51-36(46)33(44)23(4)5)19-30(38(7,8)48)39(9,35(28)41)16-15-32(42)43/h14,17,23-28,30-31,33-35,44-45,48H,12-13,15-16,18-21H2,1-11H3,(H,42,43)/t24-,25-,26-,27+,28-,30-,31-,33-,34-,35-,39+,40+,41-/m1/s1. The molecule has 4 aliphatic rings. The van der Waals surface area contributed by atoms with E-state index in [4.69, 9.17) is 14.2 Å². The highest BCUT2D eigenvalue weighted by Gasteiger charge is 2.71. The van der Waals surface area contributed by atoms with E-state index in [1.165, 1.54) is 5.57 Å². The van der Waals surface area contributed by atoms with E-state index in [0.717, 1.165) is 18.4 Å². The van der Waals surface area contributed by atoms with Gasteiger partial charge in [0.2, 0.25) is 0 Å². The van der Waals surface area contributed by atoms with Gasteiger partial charge >= 0.3 is 17.9 Å². The summed E-state index contributed by atoms with van der Waals surface area (Å²) in [5.41, 5.74) is -1.49. The van der Waals surface area contributed by atoms with Gasteiger partial charge in [0.05, 0.1) is 18.3 Å². The second kappa shape index (κ2) is 15.2. The van der Waals surface area contributed by atoms with Crippen molar-refractivity contribution in [2.45, 2.75) is 157 Å². The summed E-state index contributed by atoms with van der Waals surface area (Å²) < 4.78 is 19.1. The van der Waals surface area contributed by atoms with Gasteiger partial charge in [-0.1, -0.05) is 78.2 Å². The molecule has 0 bridgehead atoms. The maximum absolute atomic E-state index is 13.9. The zero-order valence-corrected chi connectivity index (χ0v) is 32.9. The summed E-state index contributed by atoms with van der Waals surface area (Å²) in [6, 6.07) is 0. The number of esters is 2. The van der Waals surface area contributed by atoms with Crippen LogP contribution >= 0.6 is 0 Å². The van der Waals surface area contributed by atoms with Gasteiger partial charge in [-0.2, -0.15) is 0 Å². The molecule has 1 saturated heterocycles. The van der Waals surface area contributed by atoms with E-state index in [9.17, 15) is 34.8 Å². The quantitative estimate of drug-likeness (QED) is 0.127. The van der Waals surface area contributed by atoms with Gasteiger partial charge in [-0.15, -0.1) is 0 Å². The van der Waals surface area contributed by atoms with Gasteiger partial charge < -0.3 is 34.6 Å². The van der Waals surface area contributed by atoms with E-state index in [0.29, 0.717) is 19.4 Å². The third-order valence-electron chi connectivity index (χ3n) is 13.6. The molecule has 4 N–H and O–H groups in total. The van der Waals surface area contributed by atoms with Crippen molar-refractivity contribution in [1.82, 2.24) is 0 Å². The van der Waals surface area contributed by atoms with Gasteiger partial charge in [0.25, 0.3) is 0 Å². The molecule has 3 fully saturated rings. The number of rotatable bonds is 13. The number of carbonyl (C=O) groups excluding carboxylic acids is 2. The van der Waals surface area contributed by atoms with Gasteiger partial charge in [0.15, 0.2) is 12.2 Å². The lowest BCUT2D eigenvalue weighted by Crippen LogP contribution is -2.68. The summed E-state index contributed by atoms with van der Waals surface area (Å²) in [6.45, 7) is 21.5. The number of aliphatic hydroxyl groups is 3. The van der Waals surface area contributed by atoms with E-state index in [1.54, 1.807) is 34.6 Å². The number of carboxylic acids is 1. The van der Waals surface area contributed by atoms with Crippen LogP contribution in [0.25, 0.3) is 0 Å². The second-order valence-electron chi connectivity index (χ2n) is 18.2. The van der Waals surface area contributed by atoms with Gasteiger partial charge in [-0.25, -0.2) is 9.59 Å². The first kappa shape index (κ1) is 41.5. The average Bonchev–Trinajstić information content (AvgIpc) is 3.62. The van der Waals surface area contributed by atoms with Crippen LogP contribution in [0.4, 0.5) is 0 Å². The lowest BCUT2D eigenvalue weighted by atomic mass is 9.39. The fraction of sp³-hybridized carbons (Fsp3) is 0.829. The Bertz CT molecular complexity index is 1360. The first-order chi connectivity index (χ1) is 23.5. The van der Waals surface area contributed by atoms with Crippen LogP contribution in [0.3, 0.4) is 0 Å². The van der Waals surface area contributed by atoms with Crippen LogP contribution in [0.2, 0.25) is 0 Å².